The van der Waals surface area contributed by atoms with Gasteiger partial charge in [-0.2, -0.15) is 0 Å². The van der Waals surface area contributed by atoms with Crippen LogP contribution >= 0.6 is 24.0 Å². The molecule has 0 bridgehead atoms. The van der Waals surface area contributed by atoms with Crippen molar-refractivity contribution < 1.29 is 4.79 Å². The Morgan fingerprint density at radius 2 is 2.29 bits per heavy atom. The summed E-state index contributed by atoms with van der Waals surface area (Å²) in [6.07, 6.45) is 1.97. The predicted octanol–water partition coefficient (Wildman–Crippen LogP) is 2.76. The van der Waals surface area contributed by atoms with E-state index in [0.29, 0.717) is 5.02 Å². The molecule has 1 aromatic rings. The molecule has 1 aliphatic heterocycles. The molecule has 2 N–H and O–H groups in total. The maximum Gasteiger partial charge on any atom is 0.241 e. The number of amides is 1. The van der Waals surface area contributed by atoms with Crippen molar-refractivity contribution in [2.24, 2.45) is 0 Å². The van der Waals surface area contributed by atoms with Crippen LogP contribution in [0.15, 0.2) is 18.2 Å². The van der Waals surface area contributed by atoms with Crippen LogP contribution in [-0.2, 0) is 4.79 Å². The molecular formula is C12H16Cl2N2O. The first kappa shape index (κ1) is 14.3. The number of carbonyl (C=O) groups excluding carboxylic acids is 1. The zero-order valence-corrected chi connectivity index (χ0v) is 11.2. The second kappa shape index (κ2) is 6.24. The number of anilines is 1. The third-order valence-electron chi connectivity index (χ3n) is 2.82. The molecule has 1 aromatic carbocycles. The number of nitrogens with one attached hydrogen (secondary N) is 2. The van der Waals surface area contributed by atoms with Gasteiger partial charge in [0.2, 0.25) is 5.91 Å². The quantitative estimate of drug-likeness (QED) is 0.871. The molecule has 1 saturated heterocycles. The van der Waals surface area contributed by atoms with E-state index < -0.39 is 0 Å². The van der Waals surface area contributed by atoms with Crippen molar-refractivity contribution in [1.29, 1.82) is 0 Å². The Morgan fingerprint density at radius 3 is 2.88 bits per heavy atom. The number of carbonyl (C=O) groups is 1. The van der Waals surface area contributed by atoms with Crippen LogP contribution in [0.1, 0.15) is 18.4 Å². The standard InChI is InChI=1S/C12H15ClN2O.ClH/c1-8-4-5-9(7-10(8)13)15-12(16)11-3-2-6-14-11;/h4-5,7,11,14H,2-3,6H2,1H3,(H,15,16);1H/t11-;/m0./s1. The van der Waals surface area contributed by atoms with Gasteiger partial charge in [-0.3, -0.25) is 4.79 Å². The second-order valence-electron chi connectivity index (χ2n) is 4.10. The van der Waals surface area contributed by atoms with E-state index >= 15 is 0 Å². The molecule has 0 radical (unpaired) electrons. The van der Waals surface area contributed by atoms with E-state index in [1.165, 1.54) is 0 Å². The monoisotopic (exact) mass is 274 g/mol. The van der Waals surface area contributed by atoms with E-state index in [4.69, 9.17) is 11.6 Å². The minimum atomic E-state index is -0.0555. The first-order valence-corrected chi connectivity index (χ1v) is 5.85. The number of hydrogen-bond donors (Lipinski definition) is 2. The lowest BCUT2D eigenvalue weighted by Gasteiger charge is -2.11. The van der Waals surface area contributed by atoms with Gasteiger partial charge in [0.15, 0.2) is 0 Å². The molecule has 1 aliphatic rings. The van der Waals surface area contributed by atoms with Gasteiger partial charge in [-0.1, -0.05) is 17.7 Å². The summed E-state index contributed by atoms with van der Waals surface area (Å²) in [5.74, 6) is 0.0254. The highest BCUT2D eigenvalue weighted by molar-refractivity contribution is 6.31. The summed E-state index contributed by atoms with van der Waals surface area (Å²) in [7, 11) is 0. The first-order valence-electron chi connectivity index (χ1n) is 5.47. The van der Waals surface area contributed by atoms with E-state index in [1.807, 2.05) is 19.1 Å². The third-order valence-corrected chi connectivity index (χ3v) is 3.22. The summed E-state index contributed by atoms with van der Waals surface area (Å²) in [4.78, 5) is 11.8. The zero-order chi connectivity index (χ0) is 11.5. The average molecular weight is 275 g/mol. The number of halogens is 2. The molecule has 0 spiro atoms. The fourth-order valence-electron chi connectivity index (χ4n) is 1.81. The molecule has 1 amide bonds. The summed E-state index contributed by atoms with van der Waals surface area (Å²) in [6, 6.07) is 5.50. The number of benzene rings is 1. The number of rotatable bonds is 2. The Labute approximate surface area is 112 Å². The Balaban J connectivity index is 0.00000144. The van der Waals surface area contributed by atoms with Crippen molar-refractivity contribution in [2.45, 2.75) is 25.8 Å². The molecule has 0 saturated carbocycles. The highest BCUT2D eigenvalue weighted by atomic mass is 35.5. The van der Waals surface area contributed by atoms with Crippen molar-refractivity contribution in [3.8, 4) is 0 Å². The van der Waals surface area contributed by atoms with Crippen LogP contribution < -0.4 is 10.6 Å². The molecule has 17 heavy (non-hydrogen) atoms. The smallest absolute Gasteiger partial charge is 0.241 e. The minimum absolute atomic E-state index is 0. The summed E-state index contributed by atoms with van der Waals surface area (Å²) < 4.78 is 0. The molecule has 5 heteroatoms. The molecule has 0 unspecified atom stereocenters. The maximum absolute atomic E-state index is 11.8. The van der Waals surface area contributed by atoms with Gasteiger partial charge in [-0.05, 0) is 44.0 Å². The number of aryl methyl sites for hydroxylation is 1. The van der Waals surface area contributed by atoms with Crippen molar-refractivity contribution in [1.82, 2.24) is 5.32 Å². The maximum atomic E-state index is 11.8. The van der Waals surface area contributed by atoms with Crippen molar-refractivity contribution in [3.05, 3.63) is 28.8 Å². The van der Waals surface area contributed by atoms with Crippen LogP contribution in [0.2, 0.25) is 5.02 Å². The second-order valence-corrected chi connectivity index (χ2v) is 4.51. The molecular weight excluding hydrogens is 259 g/mol. The summed E-state index contributed by atoms with van der Waals surface area (Å²) >= 11 is 5.99. The average Bonchev–Trinajstić information content (AvgIpc) is 2.77. The van der Waals surface area contributed by atoms with Crippen molar-refractivity contribution in [3.63, 3.8) is 0 Å². The fraction of sp³-hybridized carbons (Fsp3) is 0.417. The van der Waals surface area contributed by atoms with E-state index in [0.717, 1.165) is 30.6 Å². The molecule has 94 valence electrons. The lowest BCUT2D eigenvalue weighted by atomic mass is 10.2. The van der Waals surface area contributed by atoms with E-state index in [2.05, 4.69) is 10.6 Å². The topological polar surface area (TPSA) is 41.1 Å². The Hall–Kier alpha value is -0.770. The first-order chi connectivity index (χ1) is 7.66. The van der Waals surface area contributed by atoms with E-state index in [-0.39, 0.29) is 24.4 Å². The van der Waals surface area contributed by atoms with Crippen LogP contribution in [0.5, 0.6) is 0 Å². The highest BCUT2D eigenvalue weighted by Crippen LogP contribution is 2.20. The normalized spacial score (nSPS) is 18.6. The Bertz CT molecular complexity index is 403. The van der Waals surface area contributed by atoms with Gasteiger partial charge in [-0.15, -0.1) is 12.4 Å². The van der Waals surface area contributed by atoms with Gasteiger partial charge in [0.25, 0.3) is 0 Å². The summed E-state index contributed by atoms with van der Waals surface area (Å²) in [6.45, 7) is 2.86. The summed E-state index contributed by atoms with van der Waals surface area (Å²) in [5.41, 5.74) is 1.77. The molecule has 0 aliphatic carbocycles. The molecule has 1 fully saturated rings. The third kappa shape index (κ3) is 3.60. The van der Waals surface area contributed by atoms with E-state index in [1.54, 1.807) is 6.07 Å². The van der Waals surface area contributed by atoms with Crippen LogP contribution in [0.4, 0.5) is 5.69 Å². The van der Waals surface area contributed by atoms with Crippen LogP contribution in [0.3, 0.4) is 0 Å². The predicted molar refractivity (Wildman–Crippen MR) is 73.1 cm³/mol. The van der Waals surface area contributed by atoms with Gasteiger partial charge < -0.3 is 10.6 Å². The van der Waals surface area contributed by atoms with Gasteiger partial charge >= 0.3 is 0 Å². The number of hydrogen-bond acceptors (Lipinski definition) is 2. The fourth-order valence-corrected chi connectivity index (χ4v) is 1.99. The lowest BCUT2D eigenvalue weighted by Crippen LogP contribution is -2.35. The summed E-state index contributed by atoms with van der Waals surface area (Å²) in [5, 5.41) is 6.70. The molecule has 3 nitrogen and oxygen atoms in total. The van der Waals surface area contributed by atoms with Gasteiger partial charge in [0, 0.05) is 10.7 Å². The van der Waals surface area contributed by atoms with Gasteiger partial charge in [0.1, 0.15) is 0 Å². The lowest BCUT2D eigenvalue weighted by molar-refractivity contribution is -0.117. The van der Waals surface area contributed by atoms with E-state index in [9.17, 15) is 4.79 Å². The van der Waals surface area contributed by atoms with Crippen molar-refractivity contribution in [2.75, 3.05) is 11.9 Å². The largest absolute Gasteiger partial charge is 0.325 e. The SMILES string of the molecule is Cc1ccc(NC(=O)[C@@H]2CCCN2)cc1Cl.Cl. The van der Waals surface area contributed by atoms with Gasteiger partial charge in [-0.25, -0.2) is 0 Å². The minimum Gasteiger partial charge on any atom is -0.325 e. The van der Waals surface area contributed by atoms with Crippen LogP contribution in [-0.4, -0.2) is 18.5 Å². The Morgan fingerprint density at radius 1 is 1.53 bits per heavy atom. The molecule has 1 atom stereocenters. The highest BCUT2D eigenvalue weighted by Gasteiger charge is 2.21. The van der Waals surface area contributed by atoms with Crippen molar-refractivity contribution >= 4 is 35.6 Å². The zero-order valence-electron chi connectivity index (χ0n) is 9.63. The molecule has 2 rings (SSSR count). The van der Waals surface area contributed by atoms with Gasteiger partial charge in [0.05, 0.1) is 6.04 Å². The molecule has 0 aromatic heterocycles. The van der Waals surface area contributed by atoms with Crippen LogP contribution in [0.25, 0.3) is 0 Å². The molecule has 1 heterocycles. The van der Waals surface area contributed by atoms with Crippen LogP contribution in [0, 0.1) is 6.92 Å². The Kier molecular flexibility index (Phi) is 5.25.